The fraction of sp³-hybridized carbons (Fsp3) is 0.0385. The molecule has 0 saturated carbocycles. The van der Waals surface area contributed by atoms with Gasteiger partial charge in [-0.3, -0.25) is 0 Å². The standard InChI is InChI=1S/C26H19N3/c1-18-27-25(21-8-3-2-4-9-21)29-26(28-18)22-14-11-20(12-15-22)24-16-13-19-7-5-6-10-23(19)17-24/h2-17H,1H3. The first-order valence-electron chi connectivity index (χ1n) is 9.64. The Morgan fingerprint density at radius 1 is 0.448 bits per heavy atom. The van der Waals surface area contributed by atoms with Crippen LogP contribution >= 0.6 is 0 Å². The first kappa shape index (κ1) is 17.3. The van der Waals surface area contributed by atoms with Crippen molar-refractivity contribution in [2.24, 2.45) is 0 Å². The maximum atomic E-state index is 4.70. The smallest absolute Gasteiger partial charge is 0.163 e. The zero-order chi connectivity index (χ0) is 19.6. The van der Waals surface area contributed by atoms with Crippen LogP contribution in [-0.2, 0) is 0 Å². The number of aryl methyl sites for hydroxylation is 1. The van der Waals surface area contributed by atoms with Crippen molar-refractivity contribution in [3.63, 3.8) is 0 Å². The highest BCUT2D eigenvalue weighted by Gasteiger charge is 2.09. The molecule has 0 aliphatic heterocycles. The molecule has 0 saturated heterocycles. The van der Waals surface area contributed by atoms with Crippen LogP contribution in [0.5, 0.6) is 0 Å². The number of nitrogens with zero attached hydrogens (tertiary/aromatic N) is 3. The van der Waals surface area contributed by atoms with Gasteiger partial charge in [0.2, 0.25) is 0 Å². The molecule has 3 heteroatoms. The number of hydrogen-bond acceptors (Lipinski definition) is 3. The van der Waals surface area contributed by atoms with Gasteiger partial charge in [-0.2, -0.15) is 0 Å². The van der Waals surface area contributed by atoms with E-state index in [-0.39, 0.29) is 0 Å². The summed E-state index contributed by atoms with van der Waals surface area (Å²) in [6.07, 6.45) is 0. The van der Waals surface area contributed by atoms with Crippen molar-refractivity contribution in [1.29, 1.82) is 0 Å². The fourth-order valence-electron chi connectivity index (χ4n) is 3.51. The fourth-order valence-corrected chi connectivity index (χ4v) is 3.51. The molecule has 0 fully saturated rings. The van der Waals surface area contributed by atoms with E-state index in [0.29, 0.717) is 17.5 Å². The second kappa shape index (κ2) is 7.28. The monoisotopic (exact) mass is 373 g/mol. The molecule has 0 bridgehead atoms. The summed E-state index contributed by atoms with van der Waals surface area (Å²) in [6.45, 7) is 1.90. The van der Waals surface area contributed by atoms with Gasteiger partial charge in [0.25, 0.3) is 0 Å². The lowest BCUT2D eigenvalue weighted by Crippen LogP contribution is -1.99. The third-order valence-electron chi connectivity index (χ3n) is 5.01. The van der Waals surface area contributed by atoms with Crippen LogP contribution in [0, 0.1) is 6.92 Å². The topological polar surface area (TPSA) is 38.7 Å². The van der Waals surface area contributed by atoms with Crippen molar-refractivity contribution in [1.82, 2.24) is 15.0 Å². The van der Waals surface area contributed by atoms with Gasteiger partial charge in [-0.25, -0.2) is 15.0 Å². The van der Waals surface area contributed by atoms with E-state index in [1.807, 2.05) is 37.3 Å². The molecule has 5 aromatic rings. The summed E-state index contributed by atoms with van der Waals surface area (Å²) < 4.78 is 0. The summed E-state index contributed by atoms with van der Waals surface area (Å²) in [5, 5.41) is 2.50. The molecular formula is C26H19N3. The number of benzene rings is 4. The molecule has 4 aromatic carbocycles. The van der Waals surface area contributed by atoms with E-state index in [1.54, 1.807) is 0 Å². The van der Waals surface area contributed by atoms with E-state index in [2.05, 4.69) is 76.7 Å². The number of hydrogen-bond donors (Lipinski definition) is 0. The first-order valence-corrected chi connectivity index (χ1v) is 9.64. The van der Waals surface area contributed by atoms with Crippen LogP contribution in [0.25, 0.3) is 44.7 Å². The molecule has 1 heterocycles. The van der Waals surface area contributed by atoms with Gasteiger partial charge in [-0.1, -0.05) is 91.0 Å². The highest BCUT2D eigenvalue weighted by atomic mass is 15.0. The lowest BCUT2D eigenvalue weighted by Gasteiger charge is -2.08. The van der Waals surface area contributed by atoms with Crippen LogP contribution in [-0.4, -0.2) is 15.0 Å². The van der Waals surface area contributed by atoms with E-state index in [0.717, 1.165) is 11.1 Å². The average molecular weight is 373 g/mol. The molecule has 0 atom stereocenters. The molecule has 0 N–H and O–H groups in total. The van der Waals surface area contributed by atoms with Gasteiger partial charge in [-0.05, 0) is 34.9 Å². The number of rotatable bonds is 3. The van der Waals surface area contributed by atoms with Crippen LogP contribution in [0.15, 0.2) is 97.1 Å². The van der Waals surface area contributed by atoms with E-state index >= 15 is 0 Å². The van der Waals surface area contributed by atoms with Crippen molar-refractivity contribution in [2.45, 2.75) is 6.92 Å². The molecule has 3 nitrogen and oxygen atoms in total. The Morgan fingerprint density at radius 3 is 1.72 bits per heavy atom. The zero-order valence-electron chi connectivity index (χ0n) is 16.1. The summed E-state index contributed by atoms with van der Waals surface area (Å²) in [7, 11) is 0. The largest absolute Gasteiger partial charge is 0.213 e. The van der Waals surface area contributed by atoms with Crippen molar-refractivity contribution >= 4 is 10.8 Å². The maximum Gasteiger partial charge on any atom is 0.163 e. The van der Waals surface area contributed by atoms with E-state index in [9.17, 15) is 0 Å². The Hall–Kier alpha value is -3.85. The maximum absolute atomic E-state index is 4.70. The molecule has 0 unspecified atom stereocenters. The Morgan fingerprint density at radius 2 is 1.00 bits per heavy atom. The minimum atomic E-state index is 0.696. The molecule has 1 aromatic heterocycles. The lowest BCUT2D eigenvalue weighted by atomic mass is 10.0. The SMILES string of the molecule is Cc1nc(-c2ccccc2)nc(-c2ccc(-c3ccc4ccccc4c3)cc2)n1. The quantitative estimate of drug-likeness (QED) is 0.371. The van der Waals surface area contributed by atoms with Gasteiger partial charge in [0.1, 0.15) is 5.82 Å². The molecule has 0 radical (unpaired) electrons. The molecule has 0 amide bonds. The van der Waals surface area contributed by atoms with Crippen LogP contribution in [0.4, 0.5) is 0 Å². The Bertz CT molecular complexity index is 1290. The molecular weight excluding hydrogens is 354 g/mol. The van der Waals surface area contributed by atoms with E-state index in [1.165, 1.54) is 21.9 Å². The van der Waals surface area contributed by atoms with Gasteiger partial charge in [0, 0.05) is 11.1 Å². The molecule has 138 valence electrons. The number of fused-ring (bicyclic) bond motifs is 1. The van der Waals surface area contributed by atoms with Gasteiger partial charge >= 0.3 is 0 Å². The number of aromatic nitrogens is 3. The third kappa shape index (κ3) is 3.50. The summed E-state index contributed by atoms with van der Waals surface area (Å²) in [6, 6.07) is 33.4. The van der Waals surface area contributed by atoms with Crippen molar-refractivity contribution in [2.75, 3.05) is 0 Å². The minimum absolute atomic E-state index is 0.696. The van der Waals surface area contributed by atoms with Gasteiger partial charge in [0.05, 0.1) is 0 Å². The van der Waals surface area contributed by atoms with Crippen molar-refractivity contribution in [3.05, 3.63) is 103 Å². The van der Waals surface area contributed by atoms with Gasteiger partial charge in [0.15, 0.2) is 11.6 Å². The highest BCUT2D eigenvalue weighted by Crippen LogP contribution is 2.27. The van der Waals surface area contributed by atoms with Gasteiger partial charge < -0.3 is 0 Å². The summed E-state index contributed by atoms with van der Waals surface area (Å²) in [4.78, 5) is 13.7. The Balaban J connectivity index is 1.51. The van der Waals surface area contributed by atoms with Gasteiger partial charge in [-0.15, -0.1) is 0 Å². The lowest BCUT2D eigenvalue weighted by molar-refractivity contribution is 0.992. The summed E-state index contributed by atoms with van der Waals surface area (Å²) >= 11 is 0. The second-order valence-corrected chi connectivity index (χ2v) is 7.04. The Kier molecular flexibility index (Phi) is 4.34. The summed E-state index contributed by atoms with van der Waals surface area (Å²) in [5.41, 5.74) is 4.35. The zero-order valence-corrected chi connectivity index (χ0v) is 16.1. The first-order chi connectivity index (χ1) is 14.3. The molecule has 0 aliphatic rings. The van der Waals surface area contributed by atoms with Crippen molar-refractivity contribution in [3.8, 4) is 33.9 Å². The normalized spacial score (nSPS) is 10.9. The van der Waals surface area contributed by atoms with Crippen LogP contribution < -0.4 is 0 Å². The van der Waals surface area contributed by atoms with Crippen molar-refractivity contribution < 1.29 is 0 Å². The predicted octanol–water partition coefficient (Wildman–Crippen LogP) is 6.33. The Labute approximate surface area is 169 Å². The molecule has 0 aliphatic carbocycles. The second-order valence-electron chi connectivity index (χ2n) is 7.04. The highest BCUT2D eigenvalue weighted by molar-refractivity contribution is 5.87. The predicted molar refractivity (Wildman–Crippen MR) is 118 cm³/mol. The summed E-state index contributed by atoms with van der Waals surface area (Å²) in [5.74, 6) is 2.11. The van der Waals surface area contributed by atoms with Crippen LogP contribution in [0.3, 0.4) is 0 Å². The minimum Gasteiger partial charge on any atom is -0.213 e. The molecule has 29 heavy (non-hydrogen) atoms. The van der Waals surface area contributed by atoms with E-state index in [4.69, 9.17) is 4.98 Å². The van der Waals surface area contributed by atoms with Crippen LogP contribution in [0.1, 0.15) is 5.82 Å². The third-order valence-corrected chi connectivity index (χ3v) is 5.01. The van der Waals surface area contributed by atoms with E-state index < -0.39 is 0 Å². The molecule has 0 spiro atoms. The average Bonchev–Trinajstić information content (AvgIpc) is 2.79. The van der Waals surface area contributed by atoms with Crippen LogP contribution in [0.2, 0.25) is 0 Å². The molecule has 5 rings (SSSR count).